The molecule has 1 aliphatic rings. The smallest absolute Gasteiger partial charge is 0.316 e. The number of nitrogens with zero attached hydrogens (tertiary/aromatic N) is 3. The zero-order valence-electron chi connectivity index (χ0n) is 16.2. The lowest BCUT2D eigenvalue weighted by Crippen LogP contribution is -2.54. The fourth-order valence-corrected chi connectivity index (χ4v) is 3.45. The van der Waals surface area contributed by atoms with Gasteiger partial charge in [0.15, 0.2) is 0 Å². The van der Waals surface area contributed by atoms with Gasteiger partial charge in [-0.15, -0.1) is 0 Å². The lowest BCUT2D eigenvalue weighted by atomic mass is 10.1. The molecule has 0 saturated carbocycles. The molecule has 30 heavy (non-hydrogen) atoms. The lowest BCUT2D eigenvalue weighted by Gasteiger charge is -2.26. The summed E-state index contributed by atoms with van der Waals surface area (Å²) in [5.74, 6) is -2.06. The molecular weight excluding hydrogens is 387 g/mol. The molecule has 1 saturated heterocycles. The van der Waals surface area contributed by atoms with Crippen LogP contribution in [0.25, 0.3) is 11.8 Å². The molecule has 0 unspecified atom stereocenters. The summed E-state index contributed by atoms with van der Waals surface area (Å²) in [6.45, 7) is 3.76. The van der Waals surface area contributed by atoms with Gasteiger partial charge in [-0.3, -0.25) is 19.9 Å². The molecule has 3 aromatic rings. The molecule has 0 atom stereocenters. The van der Waals surface area contributed by atoms with Crippen molar-refractivity contribution in [3.8, 4) is 5.69 Å². The van der Waals surface area contributed by atoms with Crippen LogP contribution in [-0.4, -0.2) is 27.4 Å². The molecule has 4 rings (SSSR count). The van der Waals surface area contributed by atoms with E-state index in [1.807, 2.05) is 36.6 Å². The summed E-state index contributed by atoms with van der Waals surface area (Å²) in [6, 6.07) is 9.55. The molecule has 150 valence electrons. The van der Waals surface area contributed by atoms with Crippen molar-refractivity contribution >= 4 is 29.6 Å². The van der Waals surface area contributed by atoms with E-state index < -0.39 is 23.7 Å². The molecule has 1 fully saturated rings. The number of hydrogen-bond donors (Lipinski definition) is 1. The minimum Gasteiger partial charge on any atom is -0.316 e. The van der Waals surface area contributed by atoms with Crippen molar-refractivity contribution in [2.24, 2.45) is 0 Å². The second kappa shape index (κ2) is 7.40. The van der Waals surface area contributed by atoms with Crippen molar-refractivity contribution in [2.75, 3.05) is 4.90 Å². The highest BCUT2D eigenvalue weighted by Crippen LogP contribution is 2.25. The highest BCUT2D eigenvalue weighted by molar-refractivity contribution is 6.39. The van der Waals surface area contributed by atoms with Gasteiger partial charge in [0.1, 0.15) is 11.4 Å². The third-order valence-corrected chi connectivity index (χ3v) is 4.86. The number of amides is 4. The van der Waals surface area contributed by atoms with Gasteiger partial charge in [-0.1, -0.05) is 0 Å². The first-order chi connectivity index (χ1) is 14.4. The number of urea groups is 1. The van der Waals surface area contributed by atoms with Crippen molar-refractivity contribution in [3.05, 3.63) is 83.2 Å². The number of benzene rings is 1. The average molecular weight is 404 g/mol. The summed E-state index contributed by atoms with van der Waals surface area (Å²) in [7, 11) is 0. The Bertz CT molecular complexity index is 1200. The van der Waals surface area contributed by atoms with Crippen molar-refractivity contribution in [2.45, 2.75) is 13.8 Å². The average Bonchev–Trinajstić information content (AvgIpc) is 3.00. The standard InChI is InChI=1S/C22H17FN4O3/c1-13-10-15(14(2)26(13)18-4-3-9-24-12-18)11-19-20(28)25-22(30)27(21(19)29)17-7-5-16(23)6-8-17/h3-12H,1-2H3,(H,25,28,30)/b19-11+. The summed E-state index contributed by atoms with van der Waals surface area (Å²) in [6.07, 6.45) is 4.84. The molecular formula is C22H17FN4O3. The van der Waals surface area contributed by atoms with Crippen LogP contribution in [0.4, 0.5) is 14.9 Å². The Morgan fingerprint density at radius 2 is 1.77 bits per heavy atom. The molecule has 2 aromatic heterocycles. The number of aryl methyl sites for hydroxylation is 1. The molecule has 8 heteroatoms. The van der Waals surface area contributed by atoms with E-state index in [-0.39, 0.29) is 11.3 Å². The predicted octanol–water partition coefficient (Wildman–Crippen LogP) is 3.29. The van der Waals surface area contributed by atoms with E-state index in [0.29, 0.717) is 5.56 Å². The SMILES string of the molecule is Cc1cc(/C=C2\C(=O)NC(=O)N(c3ccc(F)cc3)C2=O)c(C)n1-c1cccnc1. The number of rotatable bonds is 3. The third kappa shape index (κ3) is 3.28. The van der Waals surface area contributed by atoms with Crippen LogP contribution < -0.4 is 10.2 Å². The van der Waals surface area contributed by atoms with Gasteiger partial charge in [-0.25, -0.2) is 14.1 Å². The third-order valence-electron chi connectivity index (χ3n) is 4.86. The van der Waals surface area contributed by atoms with Crippen molar-refractivity contribution < 1.29 is 18.8 Å². The molecule has 0 aliphatic carbocycles. The Labute approximate surface area is 171 Å². The Hall–Kier alpha value is -4.07. The molecule has 0 bridgehead atoms. The van der Waals surface area contributed by atoms with Crippen LogP contribution in [0.5, 0.6) is 0 Å². The summed E-state index contributed by atoms with van der Waals surface area (Å²) in [5, 5.41) is 2.16. The quantitative estimate of drug-likeness (QED) is 0.536. The number of barbiturate groups is 1. The topological polar surface area (TPSA) is 84.3 Å². The van der Waals surface area contributed by atoms with Gasteiger partial charge in [-0.2, -0.15) is 0 Å². The van der Waals surface area contributed by atoms with E-state index in [1.165, 1.54) is 18.2 Å². The van der Waals surface area contributed by atoms with Crippen LogP contribution in [0, 0.1) is 19.7 Å². The zero-order chi connectivity index (χ0) is 21.4. The van der Waals surface area contributed by atoms with E-state index in [2.05, 4.69) is 10.3 Å². The highest BCUT2D eigenvalue weighted by atomic mass is 19.1. The van der Waals surface area contributed by atoms with Gasteiger partial charge in [0.25, 0.3) is 11.8 Å². The fraction of sp³-hybridized carbons (Fsp3) is 0.0909. The second-order valence-electron chi connectivity index (χ2n) is 6.81. The molecule has 4 amide bonds. The van der Waals surface area contributed by atoms with Gasteiger partial charge in [-0.05, 0) is 68.0 Å². The molecule has 1 N–H and O–H groups in total. The minimum absolute atomic E-state index is 0.165. The van der Waals surface area contributed by atoms with Crippen LogP contribution in [0.1, 0.15) is 17.0 Å². The number of imide groups is 2. The first-order valence-electron chi connectivity index (χ1n) is 9.13. The monoisotopic (exact) mass is 404 g/mol. The van der Waals surface area contributed by atoms with Crippen LogP contribution in [0.15, 0.2) is 60.4 Å². The number of halogens is 1. The maximum Gasteiger partial charge on any atom is 0.335 e. The molecule has 1 aliphatic heterocycles. The highest BCUT2D eigenvalue weighted by Gasteiger charge is 2.37. The molecule has 7 nitrogen and oxygen atoms in total. The Morgan fingerprint density at radius 3 is 2.43 bits per heavy atom. The van der Waals surface area contributed by atoms with Gasteiger partial charge < -0.3 is 4.57 Å². The predicted molar refractivity (Wildman–Crippen MR) is 108 cm³/mol. The van der Waals surface area contributed by atoms with Crippen molar-refractivity contribution in [3.63, 3.8) is 0 Å². The van der Waals surface area contributed by atoms with Gasteiger partial charge in [0.2, 0.25) is 0 Å². The van der Waals surface area contributed by atoms with Crippen molar-refractivity contribution in [1.29, 1.82) is 0 Å². The zero-order valence-corrected chi connectivity index (χ0v) is 16.2. The molecule has 3 heterocycles. The Kier molecular flexibility index (Phi) is 4.75. The van der Waals surface area contributed by atoms with Crippen LogP contribution >= 0.6 is 0 Å². The number of anilines is 1. The number of carbonyl (C=O) groups excluding carboxylic acids is 3. The van der Waals surface area contributed by atoms with E-state index in [0.717, 1.165) is 34.1 Å². The van der Waals surface area contributed by atoms with Crippen molar-refractivity contribution in [1.82, 2.24) is 14.9 Å². The van der Waals surface area contributed by atoms with E-state index >= 15 is 0 Å². The van der Waals surface area contributed by atoms with E-state index in [9.17, 15) is 18.8 Å². The summed E-state index contributed by atoms with van der Waals surface area (Å²) < 4.78 is 15.2. The lowest BCUT2D eigenvalue weighted by molar-refractivity contribution is -0.122. The van der Waals surface area contributed by atoms with Gasteiger partial charge in [0, 0.05) is 17.6 Å². The number of aromatic nitrogens is 2. The number of pyridine rings is 1. The van der Waals surface area contributed by atoms with Crippen LogP contribution in [0.3, 0.4) is 0 Å². The van der Waals surface area contributed by atoms with Crippen LogP contribution in [-0.2, 0) is 9.59 Å². The Balaban J connectivity index is 1.76. The maximum absolute atomic E-state index is 13.2. The first-order valence-corrected chi connectivity index (χ1v) is 9.13. The summed E-state index contributed by atoms with van der Waals surface area (Å²) in [4.78, 5) is 42.6. The van der Waals surface area contributed by atoms with Gasteiger partial charge in [0.05, 0.1) is 17.6 Å². The van der Waals surface area contributed by atoms with Gasteiger partial charge >= 0.3 is 6.03 Å². The number of hydrogen-bond acceptors (Lipinski definition) is 4. The maximum atomic E-state index is 13.2. The van der Waals surface area contributed by atoms with E-state index in [4.69, 9.17) is 0 Å². The molecule has 0 spiro atoms. The normalized spacial score (nSPS) is 15.6. The fourth-order valence-electron chi connectivity index (χ4n) is 3.45. The number of nitrogens with one attached hydrogen (secondary N) is 1. The minimum atomic E-state index is -0.880. The first kappa shape index (κ1) is 19.3. The van der Waals surface area contributed by atoms with Crippen LogP contribution in [0.2, 0.25) is 0 Å². The molecule has 0 radical (unpaired) electrons. The number of carbonyl (C=O) groups is 3. The Morgan fingerprint density at radius 1 is 1.03 bits per heavy atom. The molecule has 1 aromatic carbocycles. The summed E-state index contributed by atoms with van der Waals surface area (Å²) >= 11 is 0. The summed E-state index contributed by atoms with van der Waals surface area (Å²) in [5.41, 5.74) is 3.17. The second-order valence-corrected chi connectivity index (χ2v) is 6.81. The largest absolute Gasteiger partial charge is 0.335 e. The van der Waals surface area contributed by atoms with E-state index in [1.54, 1.807) is 12.4 Å².